The molecule has 0 radical (unpaired) electrons. The Morgan fingerprint density at radius 2 is 2.00 bits per heavy atom. The monoisotopic (exact) mass is 305 g/mol. The fourth-order valence-electron chi connectivity index (χ4n) is 1.80. The minimum absolute atomic E-state index is 0.0207. The third-order valence-corrected chi connectivity index (χ3v) is 4.38. The van der Waals surface area contributed by atoms with Crippen LogP contribution in [-0.4, -0.2) is 8.42 Å². The van der Waals surface area contributed by atoms with Crippen molar-refractivity contribution in [3.63, 3.8) is 0 Å². The van der Waals surface area contributed by atoms with Gasteiger partial charge in [0.1, 0.15) is 11.5 Å². The predicted molar refractivity (Wildman–Crippen MR) is 77.5 cm³/mol. The summed E-state index contributed by atoms with van der Waals surface area (Å²) >= 11 is 0. The Balaban J connectivity index is 2.51. The Kier molecular flexibility index (Phi) is 3.82. The Morgan fingerprint density at radius 3 is 2.62 bits per heavy atom. The summed E-state index contributed by atoms with van der Waals surface area (Å²) in [6.45, 7) is 1.58. The second-order valence-corrected chi connectivity index (χ2v) is 6.05. The van der Waals surface area contributed by atoms with Gasteiger partial charge in [-0.2, -0.15) is 5.26 Å². The van der Waals surface area contributed by atoms with Gasteiger partial charge in [0.15, 0.2) is 0 Å². The molecule has 7 heteroatoms. The first-order chi connectivity index (χ1) is 9.85. The largest absolute Gasteiger partial charge is 0.397 e. The van der Waals surface area contributed by atoms with Crippen molar-refractivity contribution < 1.29 is 12.8 Å². The molecule has 0 aliphatic carbocycles. The highest BCUT2D eigenvalue weighted by molar-refractivity contribution is 7.92. The number of nitrogen functional groups attached to an aromatic ring is 1. The van der Waals surface area contributed by atoms with Gasteiger partial charge in [-0.05, 0) is 36.8 Å². The fourth-order valence-corrected chi connectivity index (χ4v) is 3.17. The molecule has 0 aliphatic heterocycles. The van der Waals surface area contributed by atoms with E-state index < -0.39 is 15.8 Å². The standard InChI is InChI=1S/C14H12FN3O2S/c1-9-5-6-10(8-16)7-13(9)21(19,20)18-14-11(15)3-2-4-12(14)17/h2-7,18H,17H2,1H3. The average Bonchev–Trinajstić information content (AvgIpc) is 2.43. The van der Waals surface area contributed by atoms with E-state index in [2.05, 4.69) is 4.72 Å². The lowest BCUT2D eigenvalue weighted by molar-refractivity contribution is 0.598. The molecule has 5 nitrogen and oxygen atoms in total. The van der Waals surface area contributed by atoms with Crippen LogP contribution in [0.3, 0.4) is 0 Å². The van der Waals surface area contributed by atoms with Crippen molar-refractivity contribution in [3.05, 3.63) is 53.3 Å². The van der Waals surface area contributed by atoms with Crippen LogP contribution in [0.1, 0.15) is 11.1 Å². The van der Waals surface area contributed by atoms with Gasteiger partial charge in [-0.3, -0.25) is 4.72 Å². The first-order valence-electron chi connectivity index (χ1n) is 5.92. The van der Waals surface area contributed by atoms with Crippen LogP contribution in [0.25, 0.3) is 0 Å². The number of nitrogens with two attached hydrogens (primary N) is 1. The third-order valence-electron chi connectivity index (χ3n) is 2.89. The summed E-state index contributed by atoms with van der Waals surface area (Å²) in [5.41, 5.74) is 5.89. The normalized spacial score (nSPS) is 10.9. The third kappa shape index (κ3) is 2.95. The molecule has 3 N–H and O–H groups in total. The minimum Gasteiger partial charge on any atom is -0.397 e. The number of hydrogen-bond acceptors (Lipinski definition) is 4. The number of halogens is 1. The Hall–Kier alpha value is -2.59. The van der Waals surface area contributed by atoms with Crippen LogP contribution in [0.4, 0.5) is 15.8 Å². The summed E-state index contributed by atoms with van der Waals surface area (Å²) < 4.78 is 40.5. The fraction of sp³-hybridized carbons (Fsp3) is 0.0714. The van der Waals surface area contributed by atoms with Gasteiger partial charge in [-0.15, -0.1) is 0 Å². The molecule has 0 spiro atoms. The summed E-state index contributed by atoms with van der Waals surface area (Å²) in [5, 5.41) is 8.85. The van der Waals surface area contributed by atoms with Gasteiger partial charge >= 0.3 is 0 Å². The highest BCUT2D eigenvalue weighted by Gasteiger charge is 2.20. The first kappa shape index (κ1) is 14.8. The molecule has 0 saturated heterocycles. The smallest absolute Gasteiger partial charge is 0.262 e. The molecule has 2 aromatic rings. The van der Waals surface area contributed by atoms with E-state index in [4.69, 9.17) is 11.0 Å². The number of benzene rings is 2. The Bertz CT molecular complexity index is 822. The zero-order chi connectivity index (χ0) is 15.6. The van der Waals surface area contributed by atoms with Crippen LogP contribution in [-0.2, 0) is 10.0 Å². The van der Waals surface area contributed by atoms with Crippen molar-refractivity contribution >= 4 is 21.4 Å². The summed E-state index contributed by atoms with van der Waals surface area (Å²) in [4.78, 5) is -0.0933. The molecular weight excluding hydrogens is 293 g/mol. The Labute approximate surface area is 121 Å². The summed E-state index contributed by atoms with van der Waals surface area (Å²) in [6, 6.07) is 9.98. The first-order valence-corrected chi connectivity index (χ1v) is 7.41. The molecule has 0 aliphatic rings. The van der Waals surface area contributed by atoms with E-state index in [-0.39, 0.29) is 21.8 Å². The lowest BCUT2D eigenvalue weighted by atomic mass is 10.2. The van der Waals surface area contributed by atoms with Gasteiger partial charge in [0.25, 0.3) is 10.0 Å². The average molecular weight is 305 g/mol. The molecule has 0 amide bonds. The number of rotatable bonds is 3. The van der Waals surface area contributed by atoms with Crippen molar-refractivity contribution in [3.8, 4) is 6.07 Å². The zero-order valence-electron chi connectivity index (χ0n) is 11.1. The number of nitriles is 1. The number of nitrogens with one attached hydrogen (secondary N) is 1. The van der Waals surface area contributed by atoms with Crippen molar-refractivity contribution in [1.29, 1.82) is 5.26 Å². The maximum Gasteiger partial charge on any atom is 0.262 e. The molecule has 0 unspecified atom stereocenters. The highest BCUT2D eigenvalue weighted by atomic mass is 32.2. The quantitative estimate of drug-likeness (QED) is 0.851. The maximum atomic E-state index is 13.7. The molecule has 0 atom stereocenters. The number of anilines is 2. The second-order valence-electron chi connectivity index (χ2n) is 4.40. The molecule has 0 fully saturated rings. The van der Waals surface area contributed by atoms with Crippen LogP contribution < -0.4 is 10.5 Å². The number of hydrogen-bond donors (Lipinski definition) is 2. The van der Waals surface area contributed by atoms with E-state index in [1.54, 1.807) is 6.92 Å². The molecule has 21 heavy (non-hydrogen) atoms. The summed E-state index contributed by atoms with van der Waals surface area (Å²) in [7, 11) is -4.04. The van der Waals surface area contributed by atoms with Gasteiger partial charge in [0.2, 0.25) is 0 Å². The van der Waals surface area contributed by atoms with Crippen LogP contribution >= 0.6 is 0 Å². The van der Waals surface area contributed by atoms with E-state index in [0.717, 1.165) is 6.07 Å². The predicted octanol–water partition coefficient (Wildman–Crippen LogP) is 2.39. The molecule has 0 saturated carbocycles. The molecule has 0 aromatic heterocycles. The molecule has 2 rings (SSSR count). The van der Waals surface area contributed by atoms with E-state index in [0.29, 0.717) is 5.56 Å². The zero-order valence-corrected chi connectivity index (χ0v) is 11.9. The summed E-state index contributed by atoms with van der Waals surface area (Å²) in [6.07, 6.45) is 0. The van der Waals surface area contributed by atoms with Gasteiger partial charge in [0.05, 0.1) is 22.2 Å². The highest BCUT2D eigenvalue weighted by Crippen LogP contribution is 2.26. The molecule has 0 bridgehead atoms. The van der Waals surface area contributed by atoms with Crippen LogP contribution in [0.15, 0.2) is 41.3 Å². The van der Waals surface area contributed by atoms with Crippen molar-refractivity contribution in [1.82, 2.24) is 0 Å². The molecular formula is C14H12FN3O2S. The lowest BCUT2D eigenvalue weighted by Crippen LogP contribution is -2.16. The SMILES string of the molecule is Cc1ccc(C#N)cc1S(=O)(=O)Nc1c(N)cccc1F. The van der Waals surface area contributed by atoms with Crippen LogP contribution in [0.2, 0.25) is 0 Å². The van der Waals surface area contributed by atoms with E-state index in [9.17, 15) is 12.8 Å². The summed E-state index contributed by atoms with van der Waals surface area (Å²) in [5.74, 6) is -0.771. The number of aryl methyl sites for hydroxylation is 1. The van der Waals surface area contributed by atoms with Gasteiger partial charge < -0.3 is 5.73 Å². The Morgan fingerprint density at radius 1 is 1.29 bits per heavy atom. The van der Waals surface area contributed by atoms with E-state index in [1.807, 2.05) is 6.07 Å². The number of nitrogens with zero attached hydrogens (tertiary/aromatic N) is 1. The van der Waals surface area contributed by atoms with Crippen LogP contribution in [0, 0.1) is 24.1 Å². The van der Waals surface area contributed by atoms with Gasteiger partial charge in [-0.25, -0.2) is 12.8 Å². The maximum absolute atomic E-state index is 13.7. The molecule has 2 aromatic carbocycles. The number of sulfonamides is 1. The van der Waals surface area contributed by atoms with Crippen molar-refractivity contribution in [2.24, 2.45) is 0 Å². The molecule has 108 valence electrons. The van der Waals surface area contributed by atoms with Gasteiger partial charge in [0, 0.05) is 0 Å². The number of para-hydroxylation sites is 1. The van der Waals surface area contributed by atoms with Crippen molar-refractivity contribution in [2.45, 2.75) is 11.8 Å². The lowest BCUT2D eigenvalue weighted by Gasteiger charge is -2.13. The van der Waals surface area contributed by atoms with Crippen molar-refractivity contribution in [2.75, 3.05) is 10.5 Å². The van der Waals surface area contributed by atoms with E-state index in [1.165, 1.54) is 30.3 Å². The topological polar surface area (TPSA) is 96.0 Å². The van der Waals surface area contributed by atoms with Crippen LogP contribution in [0.5, 0.6) is 0 Å². The second kappa shape index (κ2) is 5.42. The van der Waals surface area contributed by atoms with Gasteiger partial charge in [-0.1, -0.05) is 12.1 Å². The van der Waals surface area contributed by atoms with E-state index >= 15 is 0 Å². The molecule has 0 heterocycles. The minimum atomic E-state index is -4.04.